The number of morpholine rings is 1. The Labute approximate surface area is 130 Å². The van der Waals surface area contributed by atoms with E-state index in [0.29, 0.717) is 44.3 Å². The highest BCUT2D eigenvalue weighted by molar-refractivity contribution is 7.89. The van der Waals surface area contributed by atoms with Crippen molar-refractivity contribution in [3.05, 3.63) is 18.2 Å². The van der Waals surface area contributed by atoms with Gasteiger partial charge in [-0.1, -0.05) is 0 Å². The first kappa shape index (κ1) is 16.7. The van der Waals surface area contributed by atoms with Gasteiger partial charge in [-0.15, -0.1) is 0 Å². The molecule has 122 valence electrons. The normalized spacial score (nSPS) is 16.3. The second-order valence-corrected chi connectivity index (χ2v) is 6.73. The fourth-order valence-corrected chi connectivity index (χ4v) is 3.61. The van der Waals surface area contributed by atoms with Crippen molar-refractivity contribution in [3.63, 3.8) is 0 Å². The predicted molar refractivity (Wildman–Crippen MR) is 81.5 cm³/mol. The molecule has 1 amide bonds. The van der Waals surface area contributed by atoms with E-state index < -0.39 is 10.0 Å². The van der Waals surface area contributed by atoms with Crippen molar-refractivity contribution in [2.75, 3.05) is 38.2 Å². The fourth-order valence-electron chi connectivity index (χ4n) is 2.17. The minimum absolute atomic E-state index is 0.126. The molecule has 1 aromatic carbocycles. The van der Waals surface area contributed by atoms with Crippen LogP contribution in [0.15, 0.2) is 23.1 Å². The third-order valence-corrected chi connectivity index (χ3v) is 5.06. The molecule has 1 heterocycles. The van der Waals surface area contributed by atoms with E-state index in [1.807, 2.05) is 6.92 Å². The van der Waals surface area contributed by atoms with E-state index in [0.717, 1.165) is 0 Å². The molecule has 0 unspecified atom stereocenters. The van der Waals surface area contributed by atoms with Gasteiger partial charge in [0.1, 0.15) is 5.75 Å². The number of nitrogens with zero attached hydrogens (tertiary/aromatic N) is 1. The molecule has 0 aromatic heterocycles. The molecule has 1 aliphatic heterocycles. The summed E-state index contributed by atoms with van der Waals surface area (Å²) in [5, 5.41) is 2.60. The number of amides is 1. The summed E-state index contributed by atoms with van der Waals surface area (Å²) in [4.78, 5) is 11.4. The number of carbonyl (C=O) groups is 1. The first-order valence-corrected chi connectivity index (χ1v) is 8.51. The van der Waals surface area contributed by atoms with Crippen LogP contribution in [-0.4, -0.2) is 51.5 Å². The van der Waals surface area contributed by atoms with Gasteiger partial charge in [-0.25, -0.2) is 8.42 Å². The van der Waals surface area contributed by atoms with Crippen LogP contribution in [0.2, 0.25) is 0 Å². The Morgan fingerprint density at radius 2 is 2.05 bits per heavy atom. The van der Waals surface area contributed by atoms with E-state index in [-0.39, 0.29) is 10.8 Å². The van der Waals surface area contributed by atoms with Gasteiger partial charge >= 0.3 is 0 Å². The largest absolute Gasteiger partial charge is 0.492 e. The third kappa shape index (κ3) is 3.76. The van der Waals surface area contributed by atoms with E-state index >= 15 is 0 Å². The summed E-state index contributed by atoms with van der Waals surface area (Å²) in [6, 6.07) is 4.47. The first-order valence-electron chi connectivity index (χ1n) is 7.07. The number of nitrogens with one attached hydrogen (secondary N) is 1. The summed E-state index contributed by atoms with van der Waals surface area (Å²) in [6.07, 6.45) is 0. The van der Waals surface area contributed by atoms with E-state index in [2.05, 4.69) is 5.32 Å². The molecule has 2 rings (SSSR count). The van der Waals surface area contributed by atoms with Gasteiger partial charge in [-0.3, -0.25) is 4.79 Å². The molecule has 22 heavy (non-hydrogen) atoms. The van der Waals surface area contributed by atoms with Crippen LogP contribution >= 0.6 is 0 Å². The van der Waals surface area contributed by atoms with Crippen molar-refractivity contribution in [1.29, 1.82) is 0 Å². The molecule has 0 bridgehead atoms. The Morgan fingerprint density at radius 1 is 1.36 bits per heavy atom. The summed E-state index contributed by atoms with van der Waals surface area (Å²) >= 11 is 0. The maximum atomic E-state index is 12.6. The predicted octanol–water partition coefficient (Wildman–Crippen LogP) is 1.06. The molecular formula is C14H20N2O5S. The molecule has 7 nitrogen and oxygen atoms in total. The van der Waals surface area contributed by atoms with Gasteiger partial charge < -0.3 is 14.8 Å². The number of sulfonamides is 1. The molecule has 0 atom stereocenters. The van der Waals surface area contributed by atoms with Crippen LogP contribution < -0.4 is 10.1 Å². The van der Waals surface area contributed by atoms with Gasteiger partial charge in [0.25, 0.3) is 0 Å². The smallest absolute Gasteiger partial charge is 0.243 e. The molecular weight excluding hydrogens is 308 g/mol. The highest BCUT2D eigenvalue weighted by Crippen LogP contribution is 2.29. The lowest BCUT2D eigenvalue weighted by atomic mass is 10.3. The van der Waals surface area contributed by atoms with Crippen LogP contribution in [0.5, 0.6) is 5.75 Å². The molecule has 0 aliphatic carbocycles. The number of rotatable bonds is 5. The van der Waals surface area contributed by atoms with Crippen LogP contribution in [0.3, 0.4) is 0 Å². The Bertz CT molecular complexity index is 639. The molecule has 1 saturated heterocycles. The van der Waals surface area contributed by atoms with Crippen LogP contribution in [0.4, 0.5) is 5.69 Å². The number of ether oxygens (including phenoxy) is 2. The Morgan fingerprint density at radius 3 is 2.64 bits per heavy atom. The SMILES string of the molecule is CCOc1ccc(S(=O)(=O)N2CCOCC2)cc1NC(C)=O. The number of anilines is 1. The van der Waals surface area contributed by atoms with Crippen LogP contribution in [-0.2, 0) is 19.6 Å². The van der Waals surface area contributed by atoms with Gasteiger partial charge in [0.2, 0.25) is 15.9 Å². The second kappa shape index (κ2) is 7.08. The Balaban J connectivity index is 2.35. The van der Waals surface area contributed by atoms with Crippen molar-refractivity contribution in [2.45, 2.75) is 18.7 Å². The van der Waals surface area contributed by atoms with E-state index in [1.165, 1.54) is 23.4 Å². The van der Waals surface area contributed by atoms with Crippen LogP contribution in [0.25, 0.3) is 0 Å². The fraction of sp³-hybridized carbons (Fsp3) is 0.500. The lowest BCUT2D eigenvalue weighted by Gasteiger charge is -2.26. The lowest BCUT2D eigenvalue weighted by Crippen LogP contribution is -2.40. The van der Waals surface area contributed by atoms with E-state index in [1.54, 1.807) is 6.07 Å². The molecule has 0 radical (unpaired) electrons. The topological polar surface area (TPSA) is 84.9 Å². The van der Waals surface area contributed by atoms with Gasteiger partial charge in [-0.2, -0.15) is 4.31 Å². The first-order chi connectivity index (χ1) is 10.4. The Kier molecular flexibility index (Phi) is 5.38. The lowest BCUT2D eigenvalue weighted by molar-refractivity contribution is -0.114. The highest BCUT2D eigenvalue weighted by atomic mass is 32.2. The third-order valence-electron chi connectivity index (χ3n) is 3.17. The molecule has 1 aliphatic rings. The van der Waals surface area contributed by atoms with E-state index in [9.17, 15) is 13.2 Å². The number of hydrogen-bond acceptors (Lipinski definition) is 5. The van der Waals surface area contributed by atoms with Gasteiger partial charge in [-0.05, 0) is 25.1 Å². The van der Waals surface area contributed by atoms with Crippen molar-refractivity contribution in [1.82, 2.24) is 4.31 Å². The van der Waals surface area contributed by atoms with Crippen LogP contribution in [0, 0.1) is 0 Å². The van der Waals surface area contributed by atoms with Gasteiger partial charge in [0, 0.05) is 20.0 Å². The number of benzene rings is 1. The molecule has 8 heteroatoms. The van der Waals surface area contributed by atoms with Crippen molar-refractivity contribution >= 4 is 21.6 Å². The van der Waals surface area contributed by atoms with Crippen molar-refractivity contribution < 1.29 is 22.7 Å². The molecule has 1 N–H and O–H groups in total. The minimum Gasteiger partial charge on any atom is -0.492 e. The van der Waals surface area contributed by atoms with Gasteiger partial charge in [0.05, 0.1) is 30.4 Å². The summed E-state index contributed by atoms with van der Waals surface area (Å²) in [7, 11) is -3.61. The number of hydrogen-bond donors (Lipinski definition) is 1. The maximum absolute atomic E-state index is 12.6. The molecule has 1 aromatic rings. The minimum atomic E-state index is -3.61. The monoisotopic (exact) mass is 328 g/mol. The van der Waals surface area contributed by atoms with Crippen molar-refractivity contribution in [3.8, 4) is 5.75 Å². The van der Waals surface area contributed by atoms with Gasteiger partial charge in [0.15, 0.2) is 0 Å². The summed E-state index contributed by atoms with van der Waals surface area (Å²) < 4.78 is 37.2. The highest BCUT2D eigenvalue weighted by Gasteiger charge is 2.27. The average molecular weight is 328 g/mol. The zero-order chi connectivity index (χ0) is 16.2. The zero-order valence-corrected chi connectivity index (χ0v) is 13.5. The summed E-state index contributed by atoms with van der Waals surface area (Å²) in [5.74, 6) is 0.153. The summed E-state index contributed by atoms with van der Waals surface area (Å²) in [6.45, 7) is 5.01. The van der Waals surface area contributed by atoms with E-state index in [4.69, 9.17) is 9.47 Å². The van der Waals surface area contributed by atoms with Crippen molar-refractivity contribution in [2.24, 2.45) is 0 Å². The average Bonchev–Trinajstić information content (AvgIpc) is 2.49. The number of carbonyl (C=O) groups excluding carboxylic acids is 1. The second-order valence-electron chi connectivity index (χ2n) is 4.79. The Hall–Kier alpha value is -1.64. The quantitative estimate of drug-likeness (QED) is 0.874. The standard InChI is InChI=1S/C14H20N2O5S/c1-3-21-14-5-4-12(10-13(14)15-11(2)17)22(18,19)16-6-8-20-9-7-16/h4-5,10H,3,6-9H2,1-2H3,(H,15,17). The maximum Gasteiger partial charge on any atom is 0.243 e. The molecule has 0 saturated carbocycles. The zero-order valence-electron chi connectivity index (χ0n) is 12.7. The van der Waals surface area contributed by atoms with Crippen LogP contribution in [0.1, 0.15) is 13.8 Å². The summed E-state index contributed by atoms with van der Waals surface area (Å²) in [5.41, 5.74) is 0.351. The molecule has 1 fully saturated rings. The molecule has 0 spiro atoms.